The van der Waals surface area contributed by atoms with E-state index in [0.717, 1.165) is 36.5 Å². The number of carboxylic acid groups (broad SMARTS) is 1. The minimum atomic E-state index is -2.19. The summed E-state index contributed by atoms with van der Waals surface area (Å²) in [5.74, 6) is -26.5. The summed E-state index contributed by atoms with van der Waals surface area (Å²) in [7, 11) is 1.43. The van der Waals surface area contributed by atoms with E-state index in [2.05, 4.69) is 84.4 Å². The van der Waals surface area contributed by atoms with E-state index in [0.29, 0.717) is 27.5 Å². The number of nitrogens with one attached hydrogen (secondary N) is 15. The van der Waals surface area contributed by atoms with E-state index in [9.17, 15) is 87.5 Å². The lowest BCUT2D eigenvalue weighted by Gasteiger charge is -2.32. The number of carbonyl (C=O) groups is 20. The Bertz CT molecular complexity index is 4810. The molecule has 2 aliphatic rings. The summed E-state index contributed by atoms with van der Waals surface area (Å²) in [6.07, 6.45) is -6.91. The number of carbonyl (C=O) groups excluding carboxylic acids is 19. The molecular weight excluding hydrogens is 1800 g/mol. The minimum absolute atomic E-state index is 0.0538. The van der Waals surface area contributed by atoms with Gasteiger partial charge in [0.2, 0.25) is 106 Å². The molecule has 0 aliphatic carbocycles. The largest absolute Gasteiger partial charge is 0.508 e. The smallest absolute Gasteiger partial charge is 0.305 e. The Hall–Kier alpha value is -13.2. The van der Waals surface area contributed by atoms with Gasteiger partial charge in [-0.2, -0.15) is 0 Å². The fraction of sp³-hybridized carbons (Fsp3) is 0.534. The van der Waals surface area contributed by atoms with Crippen LogP contribution < -0.4 is 97.4 Å². The number of phenolic OH excluding ortho intramolecular Hbond substituents is 1. The van der Waals surface area contributed by atoms with E-state index < -0.39 is 301 Å². The Morgan fingerprint density at radius 1 is 0.519 bits per heavy atom. The highest BCUT2D eigenvalue weighted by atomic mass is 33.1. The molecule has 6 rings (SSSR count). The van der Waals surface area contributed by atoms with Gasteiger partial charge in [0.15, 0.2) is 5.78 Å². The molecule has 2 saturated heterocycles. The van der Waals surface area contributed by atoms with Crippen LogP contribution in [0.2, 0.25) is 0 Å². The number of imidazole rings is 1. The molecule has 135 heavy (non-hydrogen) atoms. The topological polar surface area (TPSA) is 727 Å². The van der Waals surface area contributed by atoms with Crippen LogP contribution in [0, 0.1) is 17.8 Å². The molecule has 47 heteroatoms. The van der Waals surface area contributed by atoms with Crippen LogP contribution >= 0.6 is 21.6 Å². The third-order valence-corrected chi connectivity index (χ3v) is 25.0. The van der Waals surface area contributed by atoms with E-state index in [1.165, 1.54) is 50.6 Å². The van der Waals surface area contributed by atoms with Crippen molar-refractivity contribution in [3.05, 3.63) is 120 Å². The van der Waals surface area contributed by atoms with E-state index >= 15 is 28.8 Å². The second-order valence-corrected chi connectivity index (χ2v) is 36.3. The van der Waals surface area contributed by atoms with Gasteiger partial charge in [0.25, 0.3) is 0 Å². The van der Waals surface area contributed by atoms with Crippen molar-refractivity contribution in [2.24, 2.45) is 40.7 Å². The van der Waals surface area contributed by atoms with Gasteiger partial charge in [-0.05, 0) is 86.1 Å². The van der Waals surface area contributed by atoms with Crippen molar-refractivity contribution >= 4 is 140 Å². The minimum Gasteiger partial charge on any atom is -0.508 e. The molecule has 1 aromatic heterocycles. The van der Waals surface area contributed by atoms with Crippen LogP contribution in [0.4, 0.5) is 0 Å². The number of primary amides is 4. The molecule has 27 N–H and O–H groups in total. The number of benzene rings is 3. The van der Waals surface area contributed by atoms with Gasteiger partial charge in [-0.3, -0.25) is 101 Å². The number of carboxylic acids is 1. The van der Waals surface area contributed by atoms with Crippen LogP contribution in [0.5, 0.6) is 5.75 Å². The average molecular weight is 1930 g/mol. The standard InChI is InChI=1S/C88H125N21O24S2/c1-10-44(5)70-86(131)106-71(45(6)11-2)85(130)104-69(43(3)4)84(129)108-73(47(8)111)87(132)101-59(36-52-39-93-42-94-52)79(124)102-61(35-50-21-16-13-17-22-50)88(133)109-32-18-23-64(109)83(128)100-58(33-49-19-14-12-15-20-49)78(123)99-60(38-68(117)118)80(125)98-55(29-31-66(90)115)76(121)97-54(28-30-65(89)114)74(119)56(37-67(91)116)96-62(81(126)107-72(46(7)110)75(92)120)40-134-135-41-63(82(127)105-70)103-77(122)57(95-48(9)112)34-51-24-26-53(113)27-25-51/h12-17,19-22,24-27,39,42-47,54-64,69-73,96,110-111,113H,10-11,18,23,28-38,40-41H2,1-9H3,(H2,89,114)(H2,90,115)(H2,91,116)(H2,92,120)(H,93,94)(H,95,112)(H,97,121)(H,98,125)(H,99,123)(H,100,128)(H,101,132)(H,102,124)(H,103,122)(H,104,130)(H,105,127)(H,106,131)(H,107,126)(H,108,129)(H,117,118)/t44-,45-,46+,47?,54-,55?,56+,57-,58-,59?,60-,61-,62-,63-,64-,69?,70-,71-,72-,73-/m0/s1. The van der Waals surface area contributed by atoms with Gasteiger partial charge >= 0.3 is 5.97 Å². The zero-order valence-electron chi connectivity index (χ0n) is 76.4. The number of Topliss-reactive ketones (excluding diaryl/α,β-unsaturated/α-hetero) is 1. The van der Waals surface area contributed by atoms with Crippen molar-refractivity contribution in [3.63, 3.8) is 0 Å². The number of nitrogens with two attached hydrogens (primary N) is 4. The number of rotatable bonds is 31. The first-order chi connectivity index (χ1) is 63.8. The first kappa shape index (κ1) is 111. The van der Waals surface area contributed by atoms with Crippen molar-refractivity contribution in [1.82, 2.24) is 89.3 Å². The van der Waals surface area contributed by atoms with Crippen LogP contribution in [-0.2, 0) is 122 Å². The van der Waals surface area contributed by atoms with Crippen molar-refractivity contribution in [3.8, 4) is 5.75 Å². The number of hydrogen-bond donors (Lipinski definition) is 23. The summed E-state index contributed by atoms with van der Waals surface area (Å²) in [5, 5.41) is 78.1. The Kier molecular flexibility index (Phi) is 44.5. The van der Waals surface area contributed by atoms with Crippen LogP contribution in [0.1, 0.15) is 149 Å². The van der Waals surface area contributed by atoms with Gasteiger partial charge in [-0.1, -0.05) is 149 Å². The van der Waals surface area contributed by atoms with Crippen LogP contribution in [0.25, 0.3) is 0 Å². The highest BCUT2D eigenvalue weighted by Gasteiger charge is 2.45. The SMILES string of the molecule is CC[C@H](C)[C@@H]1NC(=O)[C@@H](NC(=O)[C@H](Cc2ccc(O)cc2)NC(C)=O)CSSC[C@@H](C(=O)N[C@H](C(N)=O)[C@@H](C)O)N[C@H](CC(N)=O)C(=O)[C@H](CCC(N)=O)NC(=O)C(CCC(N)=O)NC(=O)[C@H](CC(=O)O)NC(=O)[C@H](Cc2ccccc2)NC(=O)[C@@H]2CCCN2C(=O)[C@H](Cc2ccccc2)NC(=O)C(Cc2c[nH]cn2)NC(=O)[C@H](C(C)O)NC(=O)C(C(C)C)NC(=O)[C@H]([C@@H](C)CC)NC1=O. The number of nitrogens with zero attached hydrogens (tertiary/aromatic N) is 2. The van der Waals surface area contributed by atoms with Crippen molar-refractivity contribution in [2.45, 2.75) is 261 Å². The van der Waals surface area contributed by atoms with Crippen LogP contribution in [0.15, 0.2) is 97.5 Å². The number of H-pyrrole nitrogens is 1. The number of phenols is 1. The first-order valence-corrected chi connectivity index (χ1v) is 46.6. The molecule has 0 spiro atoms. The molecule has 3 heterocycles. The lowest BCUT2D eigenvalue weighted by Crippen LogP contribution is -2.63. The second kappa shape index (κ2) is 54.3. The number of fused-ring (bicyclic) bond motifs is 1. The Balaban J connectivity index is 1.53. The van der Waals surface area contributed by atoms with Crippen molar-refractivity contribution in [1.29, 1.82) is 0 Å². The molecule has 45 nitrogen and oxygen atoms in total. The lowest BCUT2D eigenvalue weighted by atomic mass is 9.94. The van der Waals surface area contributed by atoms with E-state index in [1.807, 2.05) is 0 Å². The number of amides is 18. The predicted molar refractivity (Wildman–Crippen MR) is 490 cm³/mol. The Labute approximate surface area is 786 Å². The maximum Gasteiger partial charge on any atom is 0.305 e. The molecule has 4 unspecified atom stereocenters. The second-order valence-electron chi connectivity index (χ2n) is 33.7. The summed E-state index contributed by atoms with van der Waals surface area (Å²) in [5.41, 5.74) is 24.0. The highest BCUT2D eigenvalue weighted by Crippen LogP contribution is 2.27. The zero-order valence-corrected chi connectivity index (χ0v) is 78.0. The fourth-order valence-electron chi connectivity index (χ4n) is 14.7. The molecule has 4 aromatic rings. The van der Waals surface area contributed by atoms with Gasteiger partial charge in [0, 0.05) is 76.1 Å². The molecule has 738 valence electrons. The molecule has 2 aliphatic heterocycles. The molecule has 0 radical (unpaired) electrons. The predicted octanol–water partition coefficient (Wildman–Crippen LogP) is -5.13. The summed E-state index contributed by atoms with van der Waals surface area (Å²) in [6, 6.07) is -6.56. The molecular formula is C88H125N21O24S2. The fourth-order valence-corrected chi connectivity index (χ4v) is 17.1. The van der Waals surface area contributed by atoms with Crippen LogP contribution in [-0.4, -0.2) is 280 Å². The van der Waals surface area contributed by atoms with E-state index in [-0.39, 0.29) is 62.9 Å². The number of aliphatic hydroxyl groups excluding tert-OH is 2. The van der Waals surface area contributed by atoms with Crippen LogP contribution in [0.3, 0.4) is 0 Å². The first-order valence-electron chi connectivity index (χ1n) is 44.1. The third-order valence-electron chi connectivity index (χ3n) is 22.6. The number of aliphatic carboxylic acids is 1. The molecule has 2 fully saturated rings. The number of aliphatic hydroxyl groups is 2. The van der Waals surface area contributed by atoms with Gasteiger partial charge in [0.1, 0.15) is 84.3 Å². The number of aromatic hydroxyl groups is 1. The zero-order chi connectivity index (χ0) is 100. The normalized spacial score (nSPS) is 24.5. The van der Waals surface area contributed by atoms with Gasteiger partial charge < -0.3 is 122 Å². The quantitative estimate of drug-likeness (QED) is 0.0210. The summed E-state index contributed by atoms with van der Waals surface area (Å²) < 4.78 is 0. The van der Waals surface area contributed by atoms with Crippen molar-refractivity contribution in [2.75, 3.05) is 18.1 Å². The van der Waals surface area contributed by atoms with E-state index in [4.69, 9.17) is 22.9 Å². The molecule has 0 bridgehead atoms. The lowest BCUT2D eigenvalue weighted by molar-refractivity contribution is -0.143. The van der Waals surface area contributed by atoms with Crippen molar-refractivity contribution < 1.29 is 116 Å². The number of hydrogen-bond acceptors (Lipinski definition) is 27. The molecule has 18 amide bonds. The number of aromatic amines is 1. The van der Waals surface area contributed by atoms with Gasteiger partial charge in [-0.15, -0.1) is 0 Å². The summed E-state index contributed by atoms with van der Waals surface area (Å²) in [4.78, 5) is 295. The summed E-state index contributed by atoms with van der Waals surface area (Å²) >= 11 is 0. The maximum atomic E-state index is 15.4. The van der Waals surface area contributed by atoms with Gasteiger partial charge in [0.05, 0.1) is 48.8 Å². The Morgan fingerprint density at radius 2 is 1.00 bits per heavy atom. The van der Waals surface area contributed by atoms with Gasteiger partial charge in [-0.25, -0.2) is 4.98 Å². The van der Waals surface area contributed by atoms with E-state index in [1.54, 1.807) is 88.4 Å². The monoisotopic (exact) mass is 1920 g/mol. The highest BCUT2D eigenvalue weighted by molar-refractivity contribution is 8.76. The molecule has 0 saturated carbocycles. The summed E-state index contributed by atoms with van der Waals surface area (Å²) in [6.45, 7) is 12.8. The average Bonchev–Trinajstić information content (AvgIpc) is 1.76. The molecule has 20 atom stereocenters. The number of ketones is 1. The third kappa shape index (κ3) is 35.6. The Morgan fingerprint density at radius 3 is 1.52 bits per heavy atom. The number of aromatic nitrogens is 2. The maximum absolute atomic E-state index is 15.4. The molecule has 3 aromatic carbocycles.